The van der Waals surface area contributed by atoms with Gasteiger partial charge >= 0.3 is 0 Å². The van der Waals surface area contributed by atoms with E-state index in [0.29, 0.717) is 6.54 Å². The molecule has 2 aromatic rings. The van der Waals surface area contributed by atoms with Crippen molar-refractivity contribution in [2.24, 2.45) is 0 Å². The van der Waals surface area contributed by atoms with Crippen molar-refractivity contribution in [2.45, 2.75) is 45.8 Å². The summed E-state index contributed by atoms with van der Waals surface area (Å²) in [6, 6.07) is 2.14. The summed E-state index contributed by atoms with van der Waals surface area (Å²) in [5.41, 5.74) is 1.41. The van der Waals surface area contributed by atoms with Gasteiger partial charge in [-0.2, -0.15) is 11.3 Å². The van der Waals surface area contributed by atoms with Gasteiger partial charge in [-0.25, -0.2) is 4.68 Å². The average Bonchev–Trinajstić information content (AvgIpc) is 2.94. The first kappa shape index (κ1) is 13.2. The molecular formula is C12H19N5S. The molecule has 98 valence electrons. The first-order chi connectivity index (χ1) is 8.54. The van der Waals surface area contributed by atoms with Crippen LogP contribution in [0.1, 0.15) is 32.2 Å². The summed E-state index contributed by atoms with van der Waals surface area (Å²) >= 11 is 1.72. The maximum atomic E-state index is 4.06. The summed E-state index contributed by atoms with van der Waals surface area (Å²) in [6.45, 7) is 7.91. The van der Waals surface area contributed by atoms with Crippen molar-refractivity contribution >= 4 is 11.3 Å². The maximum absolute atomic E-state index is 4.06. The fourth-order valence-electron chi connectivity index (χ4n) is 1.54. The van der Waals surface area contributed by atoms with E-state index >= 15 is 0 Å². The van der Waals surface area contributed by atoms with Crippen LogP contribution in [-0.4, -0.2) is 25.7 Å². The molecule has 0 spiro atoms. The normalized spacial score (nSPS) is 11.9. The van der Waals surface area contributed by atoms with Crippen LogP contribution in [0.5, 0.6) is 0 Å². The van der Waals surface area contributed by atoms with Crippen molar-refractivity contribution in [3.63, 3.8) is 0 Å². The predicted octanol–water partition coefficient (Wildman–Crippen LogP) is 1.87. The highest BCUT2D eigenvalue weighted by Gasteiger charge is 2.12. The topological polar surface area (TPSA) is 55.6 Å². The third-order valence-corrected chi connectivity index (χ3v) is 3.31. The number of hydrogen-bond donors (Lipinski definition) is 1. The van der Waals surface area contributed by atoms with E-state index in [-0.39, 0.29) is 5.54 Å². The molecule has 2 heterocycles. The SMILES string of the molecule is CC(C)(C)NCc1nnnn1CCc1ccsc1. The molecule has 0 amide bonds. The Labute approximate surface area is 111 Å². The number of hydrogen-bond acceptors (Lipinski definition) is 5. The molecule has 0 aliphatic heterocycles. The molecule has 0 fully saturated rings. The smallest absolute Gasteiger partial charge is 0.165 e. The van der Waals surface area contributed by atoms with Gasteiger partial charge in [-0.05, 0) is 60.0 Å². The first-order valence-electron chi connectivity index (χ1n) is 6.06. The summed E-state index contributed by atoms with van der Waals surface area (Å²) in [5.74, 6) is 0.889. The Morgan fingerprint density at radius 2 is 2.22 bits per heavy atom. The van der Waals surface area contributed by atoms with Crippen molar-refractivity contribution in [1.29, 1.82) is 0 Å². The molecule has 0 radical (unpaired) electrons. The van der Waals surface area contributed by atoms with E-state index in [0.717, 1.165) is 18.8 Å². The lowest BCUT2D eigenvalue weighted by molar-refractivity contribution is 0.407. The summed E-state index contributed by atoms with van der Waals surface area (Å²) in [7, 11) is 0. The standard InChI is InChI=1S/C12H19N5S/c1-12(2,3)13-8-11-14-15-16-17(11)6-4-10-5-7-18-9-10/h5,7,9,13H,4,6,8H2,1-3H3. The van der Waals surface area contributed by atoms with Crippen LogP contribution in [0, 0.1) is 0 Å². The lowest BCUT2D eigenvalue weighted by Gasteiger charge is -2.19. The van der Waals surface area contributed by atoms with Gasteiger partial charge in [0.05, 0.1) is 6.54 Å². The molecule has 2 aromatic heterocycles. The van der Waals surface area contributed by atoms with Crippen molar-refractivity contribution in [3.8, 4) is 0 Å². The van der Waals surface area contributed by atoms with Gasteiger partial charge in [0.2, 0.25) is 0 Å². The minimum Gasteiger partial charge on any atom is -0.305 e. The zero-order chi connectivity index (χ0) is 13.0. The Morgan fingerprint density at radius 1 is 1.39 bits per heavy atom. The third-order valence-electron chi connectivity index (χ3n) is 2.58. The van der Waals surface area contributed by atoms with E-state index in [2.05, 4.69) is 58.4 Å². The monoisotopic (exact) mass is 265 g/mol. The van der Waals surface area contributed by atoms with Crippen LogP contribution in [0.3, 0.4) is 0 Å². The van der Waals surface area contributed by atoms with Crippen LogP contribution in [0.4, 0.5) is 0 Å². The number of aryl methyl sites for hydroxylation is 2. The van der Waals surface area contributed by atoms with Gasteiger partial charge in [-0.1, -0.05) is 0 Å². The van der Waals surface area contributed by atoms with E-state index < -0.39 is 0 Å². The highest BCUT2D eigenvalue weighted by molar-refractivity contribution is 7.07. The number of aromatic nitrogens is 4. The van der Waals surface area contributed by atoms with Crippen molar-refractivity contribution in [3.05, 3.63) is 28.2 Å². The Balaban J connectivity index is 1.91. The van der Waals surface area contributed by atoms with E-state index in [1.807, 2.05) is 4.68 Å². The Morgan fingerprint density at radius 3 is 2.89 bits per heavy atom. The van der Waals surface area contributed by atoms with Crippen LogP contribution in [0.15, 0.2) is 16.8 Å². The number of thiophene rings is 1. The molecule has 0 bridgehead atoms. The van der Waals surface area contributed by atoms with Crippen LogP contribution in [-0.2, 0) is 19.5 Å². The van der Waals surface area contributed by atoms with Crippen molar-refractivity contribution in [1.82, 2.24) is 25.5 Å². The predicted molar refractivity (Wildman–Crippen MR) is 72.4 cm³/mol. The van der Waals surface area contributed by atoms with Crippen LogP contribution < -0.4 is 5.32 Å². The molecule has 0 unspecified atom stereocenters. The van der Waals surface area contributed by atoms with Gasteiger partial charge in [-0.3, -0.25) is 0 Å². The zero-order valence-corrected chi connectivity index (χ0v) is 11.9. The average molecular weight is 265 g/mol. The molecule has 1 N–H and O–H groups in total. The molecule has 6 heteroatoms. The number of nitrogens with one attached hydrogen (secondary N) is 1. The fraction of sp³-hybridized carbons (Fsp3) is 0.583. The lowest BCUT2D eigenvalue weighted by atomic mass is 10.1. The van der Waals surface area contributed by atoms with Crippen LogP contribution >= 0.6 is 11.3 Å². The first-order valence-corrected chi connectivity index (χ1v) is 7.00. The van der Waals surface area contributed by atoms with Gasteiger partial charge < -0.3 is 5.32 Å². The van der Waals surface area contributed by atoms with Crippen molar-refractivity contribution < 1.29 is 0 Å². The molecule has 5 nitrogen and oxygen atoms in total. The highest BCUT2D eigenvalue weighted by atomic mass is 32.1. The zero-order valence-electron chi connectivity index (χ0n) is 11.1. The van der Waals surface area contributed by atoms with Crippen LogP contribution in [0.25, 0.3) is 0 Å². The minimum atomic E-state index is 0.0735. The third kappa shape index (κ3) is 3.89. The van der Waals surface area contributed by atoms with E-state index in [1.165, 1.54) is 5.56 Å². The Bertz CT molecular complexity index is 469. The quantitative estimate of drug-likeness (QED) is 0.896. The van der Waals surface area contributed by atoms with E-state index in [4.69, 9.17) is 0 Å². The van der Waals surface area contributed by atoms with Crippen molar-refractivity contribution in [2.75, 3.05) is 0 Å². The summed E-state index contributed by atoms with van der Waals surface area (Å²) in [4.78, 5) is 0. The van der Waals surface area contributed by atoms with Gasteiger partial charge in [-0.15, -0.1) is 5.10 Å². The molecule has 0 aliphatic rings. The number of rotatable bonds is 5. The molecule has 0 aromatic carbocycles. The summed E-state index contributed by atoms with van der Waals surface area (Å²) in [5, 5.41) is 19.5. The summed E-state index contributed by atoms with van der Waals surface area (Å²) in [6.07, 6.45) is 0.969. The second-order valence-corrected chi connectivity index (χ2v) is 6.08. The number of tetrazole rings is 1. The summed E-state index contributed by atoms with van der Waals surface area (Å²) < 4.78 is 1.87. The molecule has 0 atom stereocenters. The second kappa shape index (κ2) is 5.58. The molecule has 0 saturated heterocycles. The van der Waals surface area contributed by atoms with E-state index in [9.17, 15) is 0 Å². The molecule has 0 aliphatic carbocycles. The maximum Gasteiger partial charge on any atom is 0.165 e. The molecule has 18 heavy (non-hydrogen) atoms. The van der Waals surface area contributed by atoms with Gasteiger partial charge in [0.15, 0.2) is 5.82 Å². The number of nitrogens with zero attached hydrogens (tertiary/aromatic N) is 4. The molecule has 2 rings (SSSR count). The van der Waals surface area contributed by atoms with Gasteiger partial charge in [0, 0.05) is 12.1 Å². The lowest BCUT2D eigenvalue weighted by Crippen LogP contribution is -2.36. The molecule has 0 saturated carbocycles. The minimum absolute atomic E-state index is 0.0735. The highest BCUT2D eigenvalue weighted by Crippen LogP contribution is 2.08. The fourth-order valence-corrected chi connectivity index (χ4v) is 2.24. The van der Waals surface area contributed by atoms with Crippen LogP contribution in [0.2, 0.25) is 0 Å². The molecular weight excluding hydrogens is 246 g/mol. The Hall–Kier alpha value is -1.27. The van der Waals surface area contributed by atoms with Gasteiger partial charge in [0.1, 0.15) is 0 Å². The Kier molecular flexibility index (Phi) is 4.08. The van der Waals surface area contributed by atoms with Gasteiger partial charge in [0.25, 0.3) is 0 Å². The second-order valence-electron chi connectivity index (χ2n) is 5.30. The largest absolute Gasteiger partial charge is 0.305 e. The van der Waals surface area contributed by atoms with E-state index in [1.54, 1.807) is 11.3 Å².